The third-order valence-corrected chi connectivity index (χ3v) is 6.30. The molecule has 3 amide bonds. The molecule has 0 bridgehead atoms. The van der Waals surface area contributed by atoms with Crippen LogP contribution in [0, 0.1) is 0 Å². The van der Waals surface area contributed by atoms with Crippen molar-refractivity contribution < 1.29 is 14.3 Å². The van der Waals surface area contributed by atoms with Gasteiger partial charge in [0.2, 0.25) is 0 Å². The van der Waals surface area contributed by atoms with Crippen molar-refractivity contribution in [1.29, 1.82) is 0 Å². The number of anilines is 3. The van der Waals surface area contributed by atoms with Gasteiger partial charge in [-0.15, -0.1) is 0 Å². The van der Waals surface area contributed by atoms with Gasteiger partial charge in [-0.05, 0) is 74.4 Å². The van der Waals surface area contributed by atoms with E-state index in [1.807, 2.05) is 36.4 Å². The van der Waals surface area contributed by atoms with E-state index in [4.69, 9.17) is 4.74 Å². The Kier molecular flexibility index (Phi) is 7.83. The van der Waals surface area contributed by atoms with Crippen molar-refractivity contribution in [3.8, 4) is 0 Å². The van der Waals surface area contributed by atoms with E-state index in [0.29, 0.717) is 17.8 Å². The number of rotatable bonds is 7. The highest BCUT2D eigenvalue weighted by Crippen LogP contribution is 2.27. The summed E-state index contributed by atoms with van der Waals surface area (Å²) in [4.78, 5) is 28.0. The van der Waals surface area contributed by atoms with Crippen molar-refractivity contribution in [2.45, 2.75) is 51.6 Å². The summed E-state index contributed by atoms with van der Waals surface area (Å²) in [6, 6.07) is 13.0. The fourth-order valence-corrected chi connectivity index (χ4v) is 4.48. The molecule has 0 saturated carbocycles. The smallest absolute Gasteiger partial charge is 0.323 e. The minimum Gasteiger partial charge on any atom is -0.376 e. The summed E-state index contributed by atoms with van der Waals surface area (Å²) in [6.45, 7) is 5.22. The summed E-state index contributed by atoms with van der Waals surface area (Å²) < 4.78 is 5.64. The average Bonchev–Trinajstić information content (AvgIpc) is 3.37. The van der Waals surface area contributed by atoms with E-state index in [1.165, 1.54) is 6.42 Å². The first kappa shape index (κ1) is 23.1. The Labute approximate surface area is 195 Å². The van der Waals surface area contributed by atoms with Gasteiger partial charge in [0.15, 0.2) is 0 Å². The molecule has 0 spiro atoms. The maximum Gasteiger partial charge on any atom is 0.323 e. The first-order chi connectivity index (χ1) is 16.1. The van der Waals surface area contributed by atoms with E-state index >= 15 is 0 Å². The van der Waals surface area contributed by atoms with Crippen molar-refractivity contribution >= 4 is 29.0 Å². The minimum absolute atomic E-state index is 0.0818. The van der Waals surface area contributed by atoms with Gasteiger partial charge in [-0.3, -0.25) is 4.79 Å². The highest BCUT2D eigenvalue weighted by Gasteiger charge is 2.22. The zero-order valence-corrected chi connectivity index (χ0v) is 19.4. The fourth-order valence-electron chi connectivity index (χ4n) is 4.48. The Morgan fingerprint density at radius 1 is 1.00 bits per heavy atom. The molecule has 176 valence electrons. The Balaban J connectivity index is 1.48. The maximum atomic E-state index is 13.1. The van der Waals surface area contributed by atoms with Crippen molar-refractivity contribution in [3.05, 3.63) is 53.6 Å². The van der Waals surface area contributed by atoms with Gasteiger partial charge in [0.05, 0.1) is 11.7 Å². The largest absolute Gasteiger partial charge is 0.376 e. The number of ether oxygens (including phenoxy) is 1. The Morgan fingerprint density at radius 2 is 1.79 bits per heavy atom. The van der Waals surface area contributed by atoms with Gasteiger partial charge in [0.25, 0.3) is 5.91 Å². The van der Waals surface area contributed by atoms with Crippen LogP contribution in [0.25, 0.3) is 0 Å². The average molecular weight is 451 g/mol. The zero-order valence-electron chi connectivity index (χ0n) is 19.4. The second-order valence-corrected chi connectivity index (χ2v) is 8.76. The maximum absolute atomic E-state index is 13.1. The summed E-state index contributed by atoms with van der Waals surface area (Å²) in [5.41, 5.74) is 3.99. The molecule has 2 aliphatic rings. The number of hydrogen-bond donors (Lipinski definition) is 3. The van der Waals surface area contributed by atoms with Gasteiger partial charge in [-0.25, -0.2) is 4.79 Å². The van der Waals surface area contributed by atoms with Gasteiger partial charge in [0.1, 0.15) is 0 Å². The number of benzene rings is 2. The van der Waals surface area contributed by atoms with Crippen LogP contribution in [0.3, 0.4) is 0 Å². The number of nitrogens with zero attached hydrogens (tertiary/aromatic N) is 1. The van der Waals surface area contributed by atoms with Gasteiger partial charge in [0, 0.05) is 43.3 Å². The summed E-state index contributed by atoms with van der Waals surface area (Å²) in [5, 5.41) is 8.79. The van der Waals surface area contributed by atoms with Gasteiger partial charge < -0.3 is 25.6 Å². The fraction of sp³-hybridized carbons (Fsp3) is 0.462. The molecule has 0 aromatic heterocycles. The standard InChI is InChI=1S/C26H34N4O3/c1-2-19-8-6-9-20(16-19)28-26(32)29-21-11-12-24(30-13-4-3-5-14-30)23(17-21)25(31)27-18-22-10-7-15-33-22/h6,8-9,11-12,16-17,22H,2-5,7,10,13-15,18H2,1H3,(H,27,31)(H2,28,29,32). The third-order valence-electron chi connectivity index (χ3n) is 6.30. The molecule has 0 aliphatic carbocycles. The molecule has 2 aliphatic heterocycles. The number of amides is 3. The second kappa shape index (κ2) is 11.2. The molecule has 0 radical (unpaired) electrons. The number of carbonyl (C=O) groups excluding carboxylic acids is 2. The van der Waals surface area contributed by atoms with Crippen LogP contribution in [-0.2, 0) is 11.2 Å². The number of nitrogens with one attached hydrogen (secondary N) is 3. The number of hydrogen-bond acceptors (Lipinski definition) is 4. The van der Waals surface area contributed by atoms with Crippen LogP contribution in [-0.4, -0.2) is 44.3 Å². The van der Waals surface area contributed by atoms with Crippen molar-refractivity contribution in [2.24, 2.45) is 0 Å². The third kappa shape index (κ3) is 6.26. The van der Waals surface area contributed by atoms with Crippen molar-refractivity contribution in [1.82, 2.24) is 5.32 Å². The molecule has 1 unspecified atom stereocenters. The molecule has 2 aromatic carbocycles. The van der Waals surface area contributed by atoms with E-state index in [-0.39, 0.29) is 18.0 Å². The molecule has 1 atom stereocenters. The summed E-state index contributed by atoms with van der Waals surface area (Å²) in [5.74, 6) is -0.134. The van der Waals surface area contributed by atoms with Crippen LogP contribution in [0.2, 0.25) is 0 Å². The molecule has 2 fully saturated rings. The number of piperidine rings is 1. The molecular formula is C26H34N4O3. The van der Waals surface area contributed by atoms with Crippen molar-refractivity contribution in [2.75, 3.05) is 41.8 Å². The number of carbonyl (C=O) groups is 2. The summed E-state index contributed by atoms with van der Waals surface area (Å²) in [6.07, 6.45) is 6.45. The van der Waals surface area contributed by atoms with Crippen LogP contribution in [0.1, 0.15) is 54.9 Å². The normalized spacial score (nSPS) is 18.1. The topological polar surface area (TPSA) is 82.7 Å². The second-order valence-electron chi connectivity index (χ2n) is 8.76. The van der Waals surface area contributed by atoms with Gasteiger partial charge in [-0.2, -0.15) is 0 Å². The first-order valence-corrected chi connectivity index (χ1v) is 12.1. The number of aryl methyl sites for hydroxylation is 1. The lowest BCUT2D eigenvalue weighted by atomic mass is 10.1. The Bertz CT molecular complexity index is 966. The van der Waals surface area contributed by atoms with E-state index in [1.54, 1.807) is 6.07 Å². The van der Waals surface area contributed by atoms with E-state index in [9.17, 15) is 9.59 Å². The monoisotopic (exact) mass is 450 g/mol. The van der Waals surface area contributed by atoms with E-state index in [0.717, 1.165) is 68.7 Å². The Hall–Kier alpha value is -3.06. The predicted molar refractivity (Wildman–Crippen MR) is 132 cm³/mol. The Morgan fingerprint density at radius 3 is 2.52 bits per heavy atom. The highest BCUT2D eigenvalue weighted by atomic mass is 16.5. The minimum atomic E-state index is -0.334. The van der Waals surface area contributed by atoms with Crippen LogP contribution >= 0.6 is 0 Å². The van der Waals surface area contributed by atoms with Crippen molar-refractivity contribution in [3.63, 3.8) is 0 Å². The lowest BCUT2D eigenvalue weighted by Gasteiger charge is -2.30. The molecule has 4 rings (SSSR count). The molecule has 7 nitrogen and oxygen atoms in total. The van der Waals surface area contributed by atoms with Crippen LogP contribution in [0.15, 0.2) is 42.5 Å². The predicted octanol–water partition coefficient (Wildman–Crippen LogP) is 4.79. The van der Waals surface area contributed by atoms with Crippen LogP contribution in [0.4, 0.5) is 21.9 Å². The van der Waals surface area contributed by atoms with Gasteiger partial charge >= 0.3 is 6.03 Å². The number of urea groups is 1. The highest BCUT2D eigenvalue weighted by molar-refractivity contribution is 6.04. The molecule has 3 N–H and O–H groups in total. The lowest BCUT2D eigenvalue weighted by Crippen LogP contribution is -2.35. The molecule has 33 heavy (non-hydrogen) atoms. The molecule has 2 saturated heterocycles. The molecule has 2 heterocycles. The summed E-state index contributed by atoms with van der Waals surface area (Å²) in [7, 11) is 0. The SMILES string of the molecule is CCc1cccc(NC(=O)Nc2ccc(N3CCCCC3)c(C(=O)NCC3CCCO3)c2)c1. The zero-order chi connectivity index (χ0) is 23.0. The lowest BCUT2D eigenvalue weighted by molar-refractivity contribution is 0.0858. The first-order valence-electron chi connectivity index (χ1n) is 12.1. The van der Waals surface area contributed by atoms with Crippen LogP contribution in [0.5, 0.6) is 0 Å². The molecule has 7 heteroatoms. The summed E-state index contributed by atoms with van der Waals surface area (Å²) >= 11 is 0. The van der Waals surface area contributed by atoms with Crippen LogP contribution < -0.4 is 20.9 Å². The van der Waals surface area contributed by atoms with Gasteiger partial charge in [-0.1, -0.05) is 19.1 Å². The quantitative estimate of drug-likeness (QED) is 0.566. The van der Waals surface area contributed by atoms with E-state index < -0.39 is 0 Å². The van der Waals surface area contributed by atoms with E-state index in [2.05, 4.69) is 27.8 Å². The molecular weight excluding hydrogens is 416 g/mol. The molecule has 2 aromatic rings.